The molecular formula is C21H25N3. The van der Waals surface area contributed by atoms with Crippen LogP contribution < -0.4 is 0 Å². The van der Waals surface area contributed by atoms with Crippen LogP contribution in [0.1, 0.15) is 47.3 Å². The summed E-state index contributed by atoms with van der Waals surface area (Å²) in [6, 6.07) is 7.11. The Labute approximate surface area is 163 Å². The molecule has 1 aliphatic rings. The van der Waals surface area contributed by atoms with E-state index in [0.29, 0.717) is 5.56 Å². The van der Waals surface area contributed by atoms with Crippen molar-refractivity contribution >= 4 is 10.9 Å². The third-order valence-electron chi connectivity index (χ3n) is 3.93. The minimum Gasteiger partial charge on any atom is -0.344 e. The average Bonchev–Trinajstić information content (AvgIpc) is 3.05. The van der Waals surface area contributed by atoms with Crippen molar-refractivity contribution < 1.29 is 19.2 Å². The number of hydrogen-bond donors (Lipinski definition) is 0. The SMILES string of the molecule is [2H]C([2H])([2H])c1ccc(C([2H])([2H])Cn2c3c(c4cc(C)ccc42)C([2H])([2H])N(C([2H])([2H])[2H])C([2H])([2H])C3([2H])[2H])cn1. The second-order valence-corrected chi connectivity index (χ2v) is 5.62. The molecule has 3 heterocycles. The number of benzene rings is 1. The van der Waals surface area contributed by atoms with Crippen molar-refractivity contribution in [2.24, 2.45) is 0 Å². The van der Waals surface area contributed by atoms with Gasteiger partial charge in [0.25, 0.3) is 0 Å². The fourth-order valence-electron chi connectivity index (χ4n) is 2.79. The highest BCUT2D eigenvalue weighted by atomic mass is 15.1. The molecule has 1 aromatic carbocycles. The van der Waals surface area contributed by atoms with Gasteiger partial charge in [0, 0.05) is 73.6 Å². The predicted octanol–water partition coefficient (Wildman–Crippen LogP) is 3.88. The van der Waals surface area contributed by atoms with Crippen molar-refractivity contribution in [1.29, 1.82) is 0 Å². The lowest BCUT2D eigenvalue weighted by molar-refractivity contribution is 0.309. The van der Waals surface area contributed by atoms with Gasteiger partial charge in [-0.25, -0.2) is 0 Å². The Morgan fingerprint density at radius 1 is 1.33 bits per heavy atom. The van der Waals surface area contributed by atoms with E-state index in [1.165, 1.54) is 18.2 Å². The van der Waals surface area contributed by atoms with Gasteiger partial charge in [-0.1, -0.05) is 17.7 Å². The van der Waals surface area contributed by atoms with Gasteiger partial charge in [-0.05, 0) is 56.5 Å². The topological polar surface area (TPSA) is 21.1 Å². The second-order valence-electron chi connectivity index (χ2n) is 5.62. The molecule has 3 nitrogen and oxygen atoms in total. The van der Waals surface area contributed by atoms with Crippen LogP contribution >= 0.6 is 0 Å². The highest BCUT2D eigenvalue weighted by molar-refractivity contribution is 5.86. The number of aryl methyl sites for hydroxylation is 4. The molecule has 24 heavy (non-hydrogen) atoms. The maximum absolute atomic E-state index is 8.75. The molecule has 3 heteroatoms. The largest absolute Gasteiger partial charge is 0.344 e. The number of pyridine rings is 1. The molecule has 4 rings (SSSR count). The van der Waals surface area contributed by atoms with E-state index in [9.17, 15) is 0 Å². The Morgan fingerprint density at radius 3 is 3.08 bits per heavy atom. The van der Waals surface area contributed by atoms with E-state index >= 15 is 0 Å². The highest BCUT2D eigenvalue weighted by Crippen LogP contribution is 2.31. The summed E-state index contributed by atoms with van der Waals surface area (Å²) >= 11 is 0. The van der Waals surface area contributed by atoms with Crippen LogP contribution in [0.5, 0.6) is 0 Å². The number of fused-ring (bicyclic) bond motifs is 3. The summed E-state index contributed by atoms with van der Waals surface area (Å²) in [5.41, 5.74) is -0.329. The first-order valence-corrected chi connectivity index (χ1v) is 7.46. The van der Waals surface area contributed by atoms with Crippen molar-refractivity contribution in [2.75, 3.05) is 13.5 Å². The van der Waals surface area contributed by atoms with E-state index in [1.807, 2.05) is 0 Å². The summed E-state index contributed by atoms with van der Waals surface area (Å²) in [7, 11) is 0. The molecule has 0 amide bonds. The molecule has 3 aromatic rings. The van der Waals surface area contributed by atoms with Gasteiger partial charge in [0.1, 0.15) is 0 Å². The summed E-state index contributed by atoms with van der Waals surface area (Å²) in [6.07, 6.45) is -4.32. The zero-order chi connectivity index (χ0) is 28.9. The van der Waals surface area contributed by atoms with Gasteiger partial charge in [-0.2, -0.15) is 0 Å². The van der Waals surface area contributed by atoms with Gasteiger partial charge >= 0.3 is 0 Å². The molecule has 124 valence electrons. The van der Waals surface area contributed by atoms with Gasteiger partial charge in [0.2, 0.25) is 0 Å². The van der Waals surface area contributed by atoms with Crippen molar-refractivity contribution in [1.82, 2.24) is 14.5 Å². The van der Waals surface area contributed by atoms with E-state index in [0.717, 1.165) is 16.8 Å². The van der Waals surface area contributed by atoms with Gasteiger partial charge in [-0.15, -0.1) is 0 Å². The van der Waals surface area contributed by atoms with Gasteiger partial charge in [0.15, 0.2) is 0 Å². The number of rotatable bonds is 3. The zero-order valence-electron chi connectivity index (χ0n) is 27.0. The van der Waals surface area contributed by atoms with Crippen LogP contribution in [0.2, 0.25) is 0 Å². The van der Waals surface area contributed by atoms with E-state index in [4.69, 9.17) is 19.2 Å². The Bertz CT molecular complexity index is 1380. The first kappa shape index (κ1) is 6.30. The lowest BCUT2D eigenvalue weighted by Crippen LogP contribution is -2.27. The summed E-state index contributed by atoms with van der Waals surface area (Å²) in [5, 5.41) is 0.130. The predicted molar refractivity (Wildman–Crippen MR) is 99.4 cm³/mol. The number of aromatic nitrogens is 2. The maximum Gasteiger partial charge on any atom is 0.0486 e. The van der Waals surface area contributed by atoms with Crippen LogP contribution in [0.15, 0.2) is 36.5 Å². The molecule has 1 aliphatic heterocycles. The smallest absolute Gasteiger partial charge is 0.0486 e. The first-order valence-electron chi connectivity index (χ1n) is 14.5. The Hall–Kier alpha value is -2.13. The molecule has 0 radical (unpaired) electrons. The molecule has 0 atom stereocenters. The fraction of sp³-hybridized carbons (Fsp3) is 0.381. The molecule has 0 unspecified atom stereocenters. The lowest BCUT2D eigenvalue weighted by atomic mass is 10.0. The molecule has 0 spiro atoms. The fourth-order valence-corrected chi connectivity index (χ4v) is 2.79. The molecule has 0 N–H and O–H groups in total. The monoisotopic (exact) mass is 333 g/mol. The molecule has 0 fully saturated rings. The zero-order valence-corrected chi connectivity index (χ0v) is 13.0. The van der Waals surface area contributed by atoms with Crippen LogP contribution in [0, 0.1) is 13.8 Å². The van der Waals surface area contributed by atoms with E-state index in [1.54, 1.807) is 13.0 Å². The van der Waals surface area contributed by atoms with Gasteiger partial charge in [0.05, 0.1) is 0 Å². The van der Waals surface area contributed by atoms with Crippen LogP contribution in [-0.4, -0.2) is 27.9 Å². The molecular weight excluding hydrogens is 294 g/mol. The Kier molecular flexibility index (Phi) is 1.59. The summed E-state index contributed by atoms with van der Waals surface area (Å²) in [4.78, 5) is 3.77. The number of likely N-dealkylation sites (N-methyl/N-ethyl adjacent to an activating group) is 1. The third kappa shape index (κ3) is 2.73. The standard InChI is InChI=1S/C21H25N3/c1-15-4-7-20-18(12-15)19-14-23(3)10-9-21(19)24(20)11-8-17-6-5-16(2)22-13-17/h4-7,12-13H,8-11,14H2,1-3H3/i2D3,3D3,8D2,9D2,10D2,14D2. The van der Waals surface area contributed by atoms with E-state index < -0.39 is 51.8 Å². The van der Waals surface area contributed by atoms with E-state index in [2.05, 4.69) is 4.98 Å². The average molecular weight is 334 g/mol. The number of nitrogens with zero attached hydrogens (tertiary/aromatic N) is 3. The first-order chi connectivity index (χ1) is 17.0. The van der Waals surface area contributed by atoms with E-state index in [-0.39, 0.29) is 32.6 Å². The maximum atomic E-state index is 8.75. The quantitative estimate of drug-likeness (QED) is 0.725. The van der Waals surface area contributed by atoms with Crippen molar-refractivity contribution in [3.05, 3.63) is 64.6 Å². The van der Waals surface area contributed by atoms with Crippen LogP contribution in [0.3, 0.4) is 0 Å². The summed E-state index contributed by atoms with van der Waals surface area (Å²) in [5.74, 6) is 0. The number of hydrogen-bond acceptors (Lipinski definition) is 2. The van der Waals surface area contributed by atoms with Crippen molar-refractivity contribution in [3.8, 4) is 0 Å². The molecule has 0 saturated heterocycles. The van der Waals surface area contributed by atoms with Crippen LogP contribution in [0.4, 0.5) is 0 Å². The molecule has 0 aliphatic carbocycles. The van der Waals surface area contributed by atoms with Gasteiger partial charge in [-0.3, -0.25) is 4.98 Å². The van der Waals surface area contributed by atoms with Crippen LogP contribution in [0.25, 0.3) is 10.9 Å². The van der Waals surface area contributed by atoms with Gasteiger partial charge < -0.3 is 9.47 Å². The minimum atomic E-state index is -3.36. The van der Waals surface area contributed by atoms with Crippen LogP contribution in [-0.2, 0) is 25.8 Å². The van der Waals surface area contributed by atoms with Crippen molar-refractivity contribution in [3.63, 3.8) is 0 Å². The Morgan fingerprint density at radius 2 is 2.29 bits per heavy atom. The highest BCUT2D eigenvalue weighted by Gasteiger charge is 2.22. The van der Waals surface area contributed by atoms with Crippen molar-refractivity contribution in [2.45, 2.75) is 39.6 Å². The molecule has 2 aromatic heterocycles. The summed E-state index contributed by atoms with van der Waals surface area (Å²) in [6.45, 7) is -11.1. The molecule has 0 saturated carbocycles. The Balaban J connectivity index is 2.00. The lowest BCUT2D eigenvalue weighted by Gasteiger charge is -2.24. The third-order valence-corrected chi connectivity index (χ3v) is 3.93. The molecule has 0 bridgehead atoms. The minimum absolute atomic E-state index is 0.0280. The second kappa shape index (κ2) is 6.06. The normalized spacial score (nSPS) is 31.5. The summed E-state index contributed by atoms with van der Waals surface area (Å²) < 4.78 is 116.